The number of aliphatic hydroxyl groups is 2. The highest BCUT2D eigenvalue weighted by atomic mass is 19.1. The van der Waals surface area contributed by atoms with Crippen LogP contribution in [-0.4, -0.2) is 41.7 Å². The van der Waals surface area contributed by atoms with Crippen molar-refractivity contribution in [1.29, 1.82) is 0 Å². The maximum Gasteiger partial charge on any atom is 0.115 e. The predicted octanol–water partition coefficient (Wildman–Crippen LogP) is 1.26. The van der Waals surface area contributed by atoms with Gasteiger partial charge in [0.2, 0.25) is 0 Å². The van der Waals surface area contributed by atoms with E-state index in [0.29, 0.717) is 16.7 Å². The molecule has 4 nitrogen and oxygen atoms in total. The Bertz CT molecular complexity index is 419. The third-order valence-corrected chi connectivity index (χ3v) is 3.52. The van der Waals surface area contributed by atoms with Crippen molar-refractivity contribution in [2.24, 2.45) is 0 Å². The van der Waals surface area contributed by atoms with Gasteiger partial charge in [0.15, 0.2) is 0 Å². The van der Waals surface area contributed by atoms with Gasteiger partial charge in [0, 0.05) is 0 Å². The van der Waals surface area contributed by atoms with Gasteiger partial charge < -0.3 is 19.7 Å². The van der Waals surface area contributed by atoms with E-state index in [2.05, 4.69) is 0 Å². The van der Waals surface area contributed by atoms with E-state index in [1.807, 2.05) is 0 Å². The Morgan fingerprint density at radius 3 is 2.40 bits per heavy atom. The first kappa shape index (κ1) is 15.3. The van der Waals surface area contributed by atoms with Crippen LogP contribution in [-0.2, 0) is 29.4 Å². The molecule has 0 amide bonds. The topological polar surface area (TPSA) is 58.9 Å². The summed E-state index contributed by atoms with van der Waals surface area (Å²) in [6.45, 7) is -1.54. The molecule has 1 fully saturated rings. The summed E-state index contributed by atoms with van der Waals surface area (Å²) in [5, 5.41) is 18.8. The van der Waals surface area contributed by atoms with Gasteiger partial charge in [0.25, 0.3) is 0 Å². The summed E-state index contributed by atoms with van der Waals surface area (Å²) in [6.07, 6.45) is -2.21. The molecule has 20 heavy (non-hydrogen) atoms. The maximum atomic E-state index is 12.9. The SMILES string of the molecule is OC[C@H]1OC[C@H](OCc2c(CF)cccc2CF)[C@@H]1O. The molecule has 0 saturated carbocycles. The van der Waals surface area contributed by atoms with Crippen LogP contribution in [0.1, 0.15) is 16.7 Å². The van der Waals surface area contributed by atoms with Gasteiger partial charge in [-0.05, 0) is 16.7 Å². The van der Waals surface area contributed by atoms with Crippen LogP contribution < -0.4 is 0 Å². The number of halogens is 2. The Morgan fingerprint density at radius 1 is 1.25 bits per heavy atom. The average molecular weight is 288 g/mol. The van der Waals surface area contributed by atoms with Crippen molar-refractivity contribution in [3.8, 4) is 0 Å². The molecular weight excluding hydrogens is 270 g/mol. The van der Waals surface area contributed by atoms with Crippen molar-refractivity contribution >= 4 is 0 Å². The zero-order valence-electron chi connectivity index (χ0n) is 11.0. The van der Waals surface area contributed by atoms with Crippen molar-refractivity contribution in [1.82, 2.24) is 0 Å². The van der Waals surface area contributed by atoms with E-state index in [9.17, 15) is 13.9 Å². The van der Waals surface area contributed by atoms with Gasteiger partial charge in [-0.3, -0.25) is 0 Å². The summed E-state index contributed by atoms with van der Waals surface area (Å²) < 4.78 is 36.5. The zero-order valence-corrected chi connectivity index (χ0v) is 11.0. The number of ether oxygens (including phenoxy) is 2. The van der Waals surface area contributed by atoms with Crippen molar-refractivity contribution in [2.75, 3.05) is 13.2 Å². The number of hydrogen-bond donors (Lipinski definition) is 2. The lowest BCUT2D eigenvalue weighted by Gasteiger charge is -2.18. The largest absolute Gasteiger partial charge is 0.394 e. The first-order valence-corrected chi connectivity index (χ1v) is 6.45. The minimum absolute atomic E-state index is 0.00256. The van der Waals surface area contributed by atoms with Crippen LogP contribution >= 0.6 is 0 Å². The fraction of sp³-hybridized carbons (Fsp3) is 0.571. The van der Waals surface area contributed by atoms with E-state index < -0.39 is 31.7 Å². The Morgan fingerprint density at radius 2 is 1.90 bits per heavy atom. The number of hydrogen-bond acceptors (Lipinski definition) is 4. The first-order valence-electron chi connectivity index (χ1n) is 6.45. The molecule has 6 heteroatoms. The molecule has 3 atom stereocenters. The third-order valence-electron chi connectivity index (χ3n) is 3.52. The molecule has 2 rings (SSSR count). The highest BCUT2D eigenvalue weighted by molar-refractivity contribution is 5.34. The third kappa shape index (κ3) is 3.15. The molecule has 112 valence electrons. The number of benzene rings is 1. The normalized spacial score (nSPS) is 26.1. The summed E-state index contributed by atoms with van der Waals surface area (Å²) in [5.41, 5.74) is 1.23. The van der Waals surface area contributed by atoms with Gasteiger partial charge in [0.1, 0.15) is 31.7 Å². The Balaban J connectivity index is 2.04. The van der Waals surface area contributed by atoms with E-state index in [1.54, 1.807) is 18.2 Å². The summed E-state index contributed by atoms with van der Waals surface area (Å²) in [4.78, 5) is 0. The van der Waals surface area contributed by atoms with Crippen LogP contribution in [0.4, 0.5) is 8.78 Å². The van der Waals surface area contributed by atoms with E-state index in [-0.39, 0.29) is 19.8 Å². The van der Waals surface area contributed by atoms with E-state index >= 15 is 0 Å². The predicted molar refractivity (Wildman–Crippen MR) is 67.5 cm³/mol. The Hall–Kier alpha value is -1.08. The molecule has 1 aliphatic rings. The van der Waals surface area contributed by atoms with Crippen molar-refractivity contribution in [2.45, 2.75) is 38.3 Å². The molecule has 2 N–H and O–H groups in total. The minimum Gasteiger partial charge on any atom is -0.394 e. The van der Waals surface area contributed by atoms with Crippen LogP contribution in [0.25, 0.3) is 0 Å². The fourth-order valence-electron chi connectivity index (χ4n) is 2.28. The summed E-state index contributed by atoms with van der Waals surface area (Å²) >= 11 is 0. The van der Waals surface area contributed by atoms with Crippen molar-refractivity contribution in [3.05, 3.63) is 34.9 Å². The molecule has 1 saturated heterocycles. The smallest absolute Gasteiger partial charge is 0.115 e. The minimum atomic E-state index is -0.939. The maximum absolute atomic E-state index is 12.9. The molecule has 0 spiro atoms. The van der Waals surface area contributed by atoms with Crippen LogP contribution in [0, 0.1) is 0 Å². The molecule has 1 aromatic carbocycles. The Kier molecular flexibility index (Phi) is 5.42. The second-order valence-corrected chi connectivity index (χ2v) is 4.72. The molecular formula is C14H18F2O4. The molecule has 0 unspecified atom stereocenters. The summed E-state index contributed by atoms with van der Waals surface area (Å²) in [6, 6.07) is 4.76. The number of rotatable bonds is 6. The molecule has 0 aliphatic carbocycles. The molecule has 1 heterocycles. The lowest BCUT2D eigenvalue weighted by molar-refractivity contribution is -0.0344. The highest BCUT2D eigenvalue weighted by Gasteiger charge is 2.36. The first-order chi connectivity index (χ1) is 9.71. The van der Waals surface area contributed by atoms with Gasteiger partial charge >= 0.3 is 0 Å². The van der Waals surface area contributed by atoms with E-state index in [1.165, 1.54) is 0 Å². The van der Waals surface area contributed by atoms with E-state index in [4.69, 9.17) is 14.6 Å². The van der Waals surface area contributed by atoms with E-state index in [0.717, 1.165) is 0 Å². The van der Waals surface area contributed by atoms with Gasteiger partial charge in [0.05, 0.1) is 19.8 Å². The average Bonchev–Trinajstić information content (AvgIpc) is 2.84. The monoisotopic (exact) mass is 288 g/mol. The van der Waals surface area contributed by atoms with Crippen LogP contribution in [0.15, 0.2) is 18.2 Å². The van der Waals surface area contributed by atoms with Crippen LogP contribution in [0.5, 0.6) is 0 Å². The quantitative estimate of drug-likeness (QED) is 0.827. The van der Waals surface area contributed by atoms with Gasteiger partial charge in [-0.25, -0.2) is 8.78 Å². The van der Waals surface area contributed by atoms with Crippen molar-refractivity contribution < 1.29 is 28.5 Å². The van der Waals surface area contributed by atoms with Crippen molar-refractivity contribution in [3.63, 3.8) is 0 Å². The Labute approximate surface area is 115 Å². The second kappa shape index (κ2) is 7.08. The highest BCUT2D eigenvalue weighted by Crippen LogP contribution is 2.22. The van der Waals surface area contributed by atoms with Crippen LogP contribution in [0.2, 0.25) is 0 Å². The van der Waals surface area contributed by atoms with Gasteiger partial charge in [-0.15, -0.1) is 0 Å². The molecule has 1 aliphatic heterocycles. The zero-order chi connectivity index (χ0) is 14.5. The summed E-state index contributed by atoms with van der Waals surface area (Å²) in [5.74, 6) is 0. The lowest BCUT2D eigenvalue weighted by Crippen LogP contribution is -2.34. The lowest BCUT2D eigenvalue weighted by atomic mass is 10.0. The van der Waals surface area contributed by atoms with Crippen LogP contribution in [0.3, 0.4) is 0 Å². The second-order valence-electron chi connectivity index (χ2n) is 4.72. The molecule has 0 radical (unpaired) electrons. The molecule has 0 aromatic heterocycles. The summed E-state index contributed by atoms with van der Waals surface area (Å²) in [7, 11) is 0. The number of alkyl halides is 2. The fourth-order valence-corrected chi connectivity index (χ4v) is 2.28. The molecule has 1 aromatic rings. The van der Waals surface area contributed by atoms with Gasteiger partial charge in [-0.2, -0.15) is 0 Å². The number of aliphatic hydroxyl groups excluding tert-OH is 2. The standard InChI is InChI=1S/C14H18F2O4/c15-4-9-2-1-3-10(5-16)11(9)7-19-13-8-20-12(6-17)14(13)18/h1-3,12-14,17-18H,4-8H2/t12-,13+,14-/m1/s1. The molecule has 0 bridgehead atoms. The van der Waals surface area contributed by atoms with Gasteiger partial charge in [-0.1, -0.05) is 18.2 Å².